The van der Waals surface area contributed by atoms with E-state index in [2.05, 4.69) is 5.32 Å². The first-order chi connectivity index (χ1) is 8.65. The Morgan fingerprint density at radius 3 is 2.61 bits per heavy atom. The van der Waals surface area contributed by atoms with Crippen molar-refractivity contribution >= 4 is 17.6 Å². The van der Waals surface area contributed by atoms with Crippen LogP contribution in [0.25, 0.3) is 0 Å². The van der Waals surface area contributed by atoms with Crippen LogP contribution in [0, 0.1) is 0 Å². The minimum Gasteiger partial charge on any atom is -0.545 e. The van der Waals surface area contributed by atoms with Gasteiger partial charge in [-0.15, -0.1) is 0 Å². The number of anilines is 1. The number of hydrogen-bond donors (Lipinski definition) is 1. The number of rotatable bonds is 3. The van der Waals surface area contributed by atoms with E-state index in [4.69, 9.17) is 9.47 Å². The lowest BCUT2D eigenvalue weighted by molar-refractivity contribution is -0.297. The third-order valence-corrected chi connectivity index (χ3v) is 2.18. The summed E-state index contributed by atoms with van der Waals surface area (Å²) in [5.74, 6) is -0.823. The Labute approximate surface area is 103 Å². The molecule has 1 aromatic rings. The normalized spacial score (nSPS) is 13.3. The first kappa shape index (κ1) is 12.0. The Morgan fingerprint density at radius 1 is 1.17 bits per heavy atom. The van der Waals surface area contributed by atoms with E-state index < -0.39 is 11.9 Å². The average molecular weight is 248 g/mol. The first-order valence-electron chi connectivity index (χ1n) is 5.25. The molecule has 6 heteroatoms. The van der Waals surface area contributed by atoms with Crippen LogP contribution in [0.1, 0.15) is 0 Å². The van der Waals surface area contributed by atoms with Crippen molar-refractivity contribution in [3.63, 3.8) is 0 Å². The van der Waals surface area contributed by atoms with Crippen LogP contribution in [-0.4, -0.2) is 25.1 Å². The molecule has 0 unspecified atom stereocenters. The summed E-state index contributed by atoms with van der Waals surface area (Å²) in [4.78, 5) is 21.5. The molecule has 1 aliphatic rings. The fourth-order valence-electron chi connectivity index (χ4n) is 1.45. The van der Waals surface area contributed by atoms with Crippen LogP contribution in [-0.2, 0) is 9.59 Å². The van der Waals surface area contributed by atoms with E-state index in [9.17, 15) is 14.7 Å². The summed E-state index contributed by atoms with van der Waals surface area (Å²) in [5.41, 5.74) is 0.493. The molecule has 0 saturated carbocycles. The molecule has 1 N–H and O–H groups in total. The van der Waals surface area contributed by atoms with Crippen molar-refractivity contribution in [3.05, 3.63) is 30.4 Å². The van der Waals surface area contributed by atoms with Gasteiger partial charge in [-0.3, -0.25) is 4.79 Å². The number of nitrogens with one attached hydrogen (secondary N) is 1. The first-order valence-corrected chi connectivity index (χ1v) is 5.25. The number of hydrogen-bond acceptors (Lipinski definition) is 5. The molecule has 0 aliphatic carbocycles. The zero-order valence-electron chi connectivity index (χ0n) is 9.34. The molecule has 94 valence electrons. The minimum absolute atomic E-state index is 0.453. The topological polar surface area (TPSA) is 87.7 Å². The highest BCUT2D eigenvalue weighted by Crippen LogP contribution is 2.32. The van der Waals surface area contributed by atoms with Crippen molar-refractivity contribution in [1.82, 2.24) is 0 Å². The second kappa shape index (κ2) is 5.22. The van der Waals surface area contributed by atoms with Crippen molar-refractivity contribution in [3.8, 4) is 11.5 Å². The Kier molecular flexibility index (Phi) is 3.47. The molecular formula is C12H10NO5-. The maximum absolute atomic E-state index is 11.3. The number of ether oxygens (including phenoxy) is 2. The quantitative estimate of drug-likeness (QED) is 0.742. The summed E-state index contributed by atoms with van der Waals surface area (Å²) in [6.45, 7) is 0.946. The zero-order chi connectivity index (χ0) is 13.0. The highest BCUT2D eigenvalue weighted by Gasteiger charge is 2.11. The van der Waals surface area contributed by atoms with Gasteiger partial charge in [0.05, 0.1) is 5.97 Å². The molecule has 0 bridgehead atoms. The number of aliphatic carboxylic acids is 1. The highest BCUT2D eigenvalue weighted by atomic mass is 16.6. The number of fused-ring (bicyclic) bond motifs is 1. The van der Waals surface area contributed by atoms with Gasteiger partial charge in [0.15, 0.2) is 11.5 Å². The molecule has 0 radical (unpaired) electrons. The van der Waals surface area contributed by atoms with Crippen molar-refractivity contribution in [1.29, 1.82) is 0 Å². The third kappa shape index (κ3) is 3.00. The summed E-state index contributed by atoms with van der Waals surface area (Å²) >= 11 is 0. The van der Waals surface area contributed by atoms with Crippen molar-refractivity contribution in [2.45, 2.75) is 0 Å². The van der Waals surface area contributed by atoms with E-state index in [1.807, 2.05) is 0 Å². The van der Waals surface area contributed by atoms with Crippen LogP contribution in [0.15, 0.2) is 30.4 Å². The van der Waals surface area contributed by atoms with Gasteiger partial charge in [0.1, 0.15) is 13.2 Å². The number of carbonyl (C=O) groups is 2. The van der Waals surface area contributed by atoms with Crippen LogP contribution >= 0.6 is 0 Å². The van der Waals surface area contributed by atoms with Gasteiger partial charge in [0, 0.05) is 17.8 Å². The summed E-state index contributed by atoms with van der Waals surface area (Å²) in [6, 6.07) is 4.92. The third-order valence-electron chi connectivity index (χ3n) is 2.18. The summed E-state index contributed by atoms with van der Waals surface area (Å²) in [7, 11) is 0. The second-order valence-corrected chi connectivity index (χ2v) is 3.50. The van der Waals surface area contributed by atoms with Crippen molar-refractivity contribution < 1.29 is 24.2 Å². The fourth-order valence-corrected chi connectivity index (χ4v) is 1.45. The van der Waals surface area contributed by atoms with Gasteiger partial charge in [-0.25, -0.2) is 0 Å². The van der Waals surface area contributed by atoms with E-state index in [0.717, 1.165) is 6.08 Å². The zero-order valence-corrected chi connectivity index (χ0v) is 9.34. The number of carboxylic acids is 1. The standard InChI is InChI=1S/C12H11NO5/c14-11(3-4-12(15)16)13-8-1-2-9-10(7-8)18-6-5-17-9/h1-4,7H,5-6H2,(H,13,14)(H,15,16)/p-1/b4-3+. The van der Waals surface area contributed by atoms with Crippen LogP contribution < -0.4 is 19.9 Å². The van der Waals surface area contributed by atoms with Gasteiger partial charge < -0.3 is 24.7 Å². The minimum atomic E-state index is -1.42. The van der Waals surface area contributed by atoms with Crippen molar-refractivity contribution in [2.24, 2.45) is 0 Å². The van der Waals surface area contributed by atoms with E-state index in [0.29, 0.717) is 36.5 Å². The maximum Gasteiger partial charge on any atom is 0.248 e. The van der Waals surface area contributed by atoms with Gasteiger partial charge in [-0.1, -0.05) is 0 Å². The smallest absolute Gasteiger partial charge is 0.248 e. The van der Waals surface area contributed by atoms with Gasteiger partial charge in [-0.2, -0.15) is 0 Å². The molecule has 2 rings (SSSR count). The van der Waals surface area contributed by atoms with Gasteiger partial charge >= 0.3 is 0 Å². The Hall–Kier alpha value is -2.50. The van der Waals surface area contributed by atoms with E-state index in [1.165, 1.54) is 0 Å². The summed E-state index contributed by atoms with van der Waals surface area (Å²) in [6.07, 6.45) is 1.54. The Bertz CT molecular complexity index is 509. The SMILES string of the molecule is O=C([O-])/C=C/C(=O)Nc1ccc2c(c1)OCCO2. The van der Waals surface area contributed by atoms with Crippen LogP contribution in [0.4, 0.5) is 5.69 Å². The van der Waals surface area contributed by atoms with Crippen molar-refractivity contribution in [2.75, 3.05) is 18.5 Å². The predicted molar refractivity (Wildman–Crippen MR) is 60.2 cm³/mol. The van der Waals surface area contributed by atoms with E-state index in [-0.39, 0.29) is 0 Å². The number of carbonyl (C=O) groups excluding carboxylic acids is 2. The van der Waals surface area contributed by atoms with Crippen LogP contribution in [0.5, 0.6) is 11.5 Å². The summed E-state index contributed by atoms with van der Waals surface area (Å²) in [5, 5.41) is 12.6. The maximum atomic E-state index is 11.3. The number of amides is 1. The molecule has 6 nitrogen and oxygen atoms in total. The van der Waals surface area contributed by atoms with E-state index >= 15 is 0 Å². The largest absolute Gasteiger partial charge is 0.545 e. The number of carboxylic acid groups (broad SMARTS) is 1. The molecule has 0 fully saturated rings. The molecular weight excluding hydrogens is 238 g/mol. The molecule has 0 aromatic heterocycles. The molecule has 18 heavy (non-hydrogen) atoms. The molecule has 0 atom stereocenters. The molecule has 1 aliphatic heterocycles. The van der Waals surface area contributed by atoms with Crippen LogP contribution in [0.3, 0.4) is 0 Å². The molecule has 1 heterocycles. The Balaban J connectivity index is 2.06. The lowest BCUT2D eigenvalue weighted by Crippen LogP contribution is -2.20. The van der Waals surface area contributed by atoms with Gasteiger partial charge in [0.25, 0.3) is 0 Å². The lowest BCUT2D eigenvalue weighted by atomic mass is 10.2. The summed E-state index contributed by atoms with van der Waals surface area (Å²) < 4.78 is 10.7. The number of benzene rings is 1. The lowest BCUT2D eigenvalue weighted by Gasteiger charge is -2.18. The molecule has 0 spiro atoms. The molecule has 1 aromatic carbocycles. The fraction of sp³-hybridized carbons (Fsp3) is 0.167. The highest BCUT2D eigenvalue weighted by molar-refractivity contribution is 6.02. The second-order valence-electron chi connectivity index (χ2n) is 3.50. The predicted octanol–water partition coefficient (Wildman–Crippen LogP) is -0.298. The van der Waals surface area contributed by atoms with Crippen LogP contribution in [0.2, 0.25) is 0 Å². The molecule has 0 saturated heterocycles. The molecule has 1 amide bonds. The van der Waals surface area contributed by atoms with E-state index in [1.54, 1.807) is 18.2 Å². The van der Waals surface area contributed by atoms with Gasteiger partial charge in [-0.05, 0) is 18.2 Å². The van der Waals surface area contributed by atoms with Gasteiger partial charge in [0.2, 0.25) is 5.91 Å². The monoisotopic (exact) mass is 248 g/mol. The Morgan fingerprint density at radius 2 is 1.89 bits per heavy atom. The average Bonchev–Trinajstić information content (AvgIpc) is 2.36.